The van der Waals surface area contributed by atoms with E-state index in [1.807, 2.05) is 18.2 Å². The quantitative estimate of drug-likeness (QED) is 0.920. The molecule has 24 heavy (non-hydrogen) atoms. The van der Waals surface area contributed by atoms with Crippen LogP contribution in [0.5, 0.6) is 11.5 Å². The number of fused-ring (bicyclic) bond motifs is 2. The van der Waals surface area contributed by atoms with Crippen molar-refractivity contribution in [3.05, 3.63) is 58.7 Å². The highest BCUT2D eigenvalue weighted by atomic mass is 16.7. The Bertz CT molecular complexity index is 769. The Labute approximate surface area is 141 Å². The number of carbonyl (C=O) groups is 1. The standard InChI is InChI=1S/C20H21NO3/c22-20(12-15-4-6-16-2-1-3-17(16)10-15)21-9-8-14-5-7-18-19(11-14)24-13-23-18/h4-7,10-11H,1-3,8-9,12-13H2,(H,21,22). The van der Waals surface area contributed by atoms with Crippen molar-refractivity contribution in [2.75, 3.05) is 13.3 Å². The number of aryl methyl sites for hydroxylation is 2. The summed E-state index contributed by atoms with van der Waals surface area (Å²) >= 11 is 0. The Balaban J connectivity index is 1.27. The van der Waals surface area contributed by atoms with Gasteiger partial charge in [-0.25, -0.2) is 0 Å². The molecule has 4 nitrogen and oxygen atoms in total. The number of benzene rings is 2. The first-order valence-corrected chi connectivity index (χ1v) is 8.54. The summed E-state index contributed by atoms with van der Waals surface area (Å²) in [4.78, 5) is 12.1. The van der Waals surface area contributed by atoms with Crippen molar-refractivity contribution in [3.8, 4) is 11.5 Å². The SMILES string of the molecule is O=C(Cc1ccc2c(c1)CCC2)NCCc1ccc2c(c1)OCO2. The molecule has 1 amide bonds. The molecule has 4 heteroatoms. The average molecular weight is 323 g/mol. The van der Waals surface area contributed by atoms with Crippen LogP contribution < -0.4 is 14.8 Å². The Morgan fingerprint density at radius 3 is 2.75 bits per heavy atom. The van der Waals surface area contributed by atoms with Gasteiger partial charge in [0.1, 0.15) is 0 Å². The van der Waals surface area contributed by atoms with Crippen LogP contribution in [-0.4, -0.2) is 19.2 Å². The lowest BCUT2D eigenvalue weighted by Crippen LogP contribution is -2.27. The molecule has 0 radical (unpaired) electrons. The predicted octanol–water partition coefficient (Wildman–Crippen LogP) is 2.81. The number of hydrogen-bond acceptors (Lipinski definition) is 3. The van der Waals surface area contributed by atoms with Gasteiger partial charge in [-0.1, -0.05) is 24.3 Å². The van der Waals surface area contributed by atoms with Crippen molar-refractivity contribution >= 4 is 5.91 Å². The molecule has 2 aromatic rings. The van der Waals surface area contributed by atoms with Crippen LogP contribution in [0.15, 0.2) is 36.4 Å². The predicted molar refractivity (Wildman–Crippen MR) is 91.4 cm³/mol. The minimum Gasteiger partial charge on any atom is -0.454 e. The normalized spacial score (nSPS) is 14.5. The fourth-order valence-corrected chi connectivity index (χ4v) is 3.43. The molecule has 0 saturated carbocycles. The topological polar surface area (TPSA) is 47.6 Å². The van der Waals surface area contributed by atoms with Gasteiger partial charge in [0.05, 0.1) is 6.42 Å². The molecule has 0 fully saturated rings. The highest BCUT2D eigenvalue weighted by molar-refractivity contribution is 5.78. The molecule has 1 N–H and O–H groups in total. The van der Waals surface area contributed by atoms with Crippen molar-refractivity contribution in [2.45, 2.75) is 32.1 Å². The maximum absolute atomic E-state index is 12.1. The smallest absolute Gasteiger partial charge is 0.231 e. The lowest BCUT2D eigenvalue weighted by Gasteiger charge is -2.08. The minimum atomic E-state index is 0.0775. The first-order chi connectivity index (χ1) is 11.8. The zero-order valence-electron chi connectivity index (χ0n) is 13.6. The molecule has 0 aromatic heterocycles. The molecular formula is C20H21NO3. The summed E-state index contributed by atoms with van der Waals surface area (Å²) in [5.74, 6) is 1.66. The Hall–Kier alpha value is -2.49. The van der Waals surface area contributed by atoms with Gasteiger partial charge >= 0.3 is 0 Å². The minimum absolute atomic E-state index is 0.0775. The zero-order valence-corrected chi connectivity index (χ0v) is 13.6. The monoisotopic (exact) mass is 323 g/mol. The van der Waals surface area contributed by atoms with E-state index in [4.69, 9.17) is 9.47 Å². The van der Waals surface area contributed by atoms with Gasteiger partial charge in [-0.3, -0.25) is 4.79 Å². The highest BCUT2D eigenvalue weighted by Gasteiger charge is 2.14. The molecule has 1 aliphatic heterocycles. The molecule has 0 saturated heterocycles. The van der Waals surface area contributed by atoms with Crippen LogP contribution in [0.2, 0.25) is 0 Å². The van der Waals surface area contributed by atoms with E-state index < -0.39 is 0 Å². The van der Waals surface area contributed by atoms with E-state index >= 15 is 0 Å². The van der Waals surface area contributed by atoms with Gasteiger partial charge in [-0.15, -0.1) is 0 Å². The zero-order chi connectivity index (χ0) is 16.4. The molecule has 1 aliphatic carbocycles. The van der Waals surface area contributed by atoms with E-state index in [0.717, 1.165) is 35.5 Å². The van der Waals surface area contributed by atoms with E-state index in [1.165, 1.54) is 24.0 Å². The lowest BCUT2D eigenvalue weighted by atomic mass is 10.0. The van der Waals surface area contributed by atoms with E-state index in [9.17, 15) is 4.79 Å². The van der Waals surface area contributed by atoms with Crippen molar-refractivity contribution in [1.82, 2.24) is 5.32 Å². The van der Waals surface area contributed by atoms with Crippen LogP contribution in [0.3, 0.4) is 0 Å². The van der Waals surface area contributed by atoms with Gasteiger partial charge < -0.3 is 14.8 Å². The molecule has 2 aromatic carbocycles. The number of rotatable bonds is 5. The average Bonchev–Trinajstić information content (AvgIpc) is 3.22. The van der Waals surface area contributed by atoms with Crippen LogP contribution in [-0.2, 0) is 30.5 Å². The van der Waals surface area contributed by atoms with Crippen LogP contribution >= 0.6 is 0 Å². The second kappa shape index (κ2) is 6.56. The number of nitrogens with one attached hydrogen (secondary N) is 1. The summed E-state index contributed by atoms with van der Waals surface area (Å²) in [6.07, 6.45) is 4.80. The van der Waals surface area contributed by atoms with Crippen LogP contribution in [0.4, 0.5) is 0 Å². The number of hydrogen-bond donors (Lipinski definition) is 1. The third-order valence-corrected chi connectivity index (χ3v) is 4.70. The van der Waals surface area contributed by atoms with Crippen LogP contribution in [0.1, 0.15) is 28.7 Å². The number of ether oxygens (including phenoxy) is 2. The van der Waals surface area contributed by atoms with Crippen molar-refractivity contribution in [1.29, 1.82) is 0 Å². The Morgan fingerprint density at radius 2 is 1.79 bits per heavy atom. The van der Waals surface area contributed by atoms with Gasteiger partial charge in [0, 0.05) is 6.54 Å². The van der Waals surface area contributed by atoms with Gasteiger partial charge in [0.15, 0.2) is 11.5 Å². The molecule has 0 spiro atoms. The van der Waals surface area contributed by atoms with Crippen molar-refractivity contribution < 1.29 is 14.3 Å². The van der Waals surface area contributed by atoms with E-state index in [2.05, 4.69) is 23.5 Å². The van der Waals surface area contributed by atoms with Crippen molar-refractivity contribution in [3.63, 3.8) is 0 Å². The van der Waals surface area contributed by atoms with Crippen LogP contribution in [0, 0.1) is 0 Å². The van der Waals surface area contributed by atoms with Gasteiger partial charge in [-0.05, 0) is 60.1 Å². The molecule has 0 unspecified atom stereocenters. The Morgan fingerprint density at radius 1 is 0.958 bits per heavy atom. The van der Waals surface area contributed by atoms with Gasteiger partial charge in [-0.2, -0.15) is 0 Å². The maximum atomic E-state index is 12.1. The van der Waals surface area contributed by atoms with Crippen LogP contribution in [0.25, 0.3) is 0 Å². The summed E-state index contributed by atoms with van der Waals surface area (Å²) < 4.78 is 10.7. The number of carbonyl (C=O) groups excluding carboxylic acids is 1. The third-order valence-electron chi connectivity index (χ3n) is 4.70. The highest BCUT2D eigenvalue weighted by Crippen LogP contribution is 2.32. The molecule has 4 rings (SSSR count). The maximum Gasteiger partial charge on any atom is 0.231 e. The molecule has 124 valence electrons. The number of amides is 1. The van der Waals surface area contributed by atoms with Crippen molar-refractivity contribution in [2.24, 2.45) is 0 Å². The van der Waals surface area contributed by atoms with E-state index in [-0.39, 0.29) is 12.7 Å². The summed E-state index contributed by atoms with van der Waals surface area (Å²) in [6.45, 7) is 0.916. The van der Waals surface area contributed by atoms with Gasteiger partial charge in [0.2, 0.25) is 12.7 Å². The fourth-order valence-electron chi connectivity index (χ4n) is 3.43. The molecule has 0 bridgehead atoms. The molecule has 2 aliphatic rings. The first kappa shape index (κ1) is 15.1. The largest absolute Gasteiger partial charge is 0.454 e. The summed E-state index contributed by atoms with van der Waals surface area (Å²) in [5.41, 5.74) is 5.11. The van der Waals surface area contributed by atoms with E-state index in [0.29, 0.717) is 13.0 Å². The molecule has 0 atom stereocenters. The summed E-state index contributed by atoms with van der Waals surface area (Å²) in [7, 11) is 0. The fraction of sp³-hybridized carbons (Fsp3) is 0.350. The molecule has 1 heterocycles. The summed E-state index contributed by atoms with van der Waals surface area (Å²) in [5, 5.41) is 3.00. The van der Waals surface area contributed by atoms with Gasteiger partial charge in [0.25, 0.3) is 0 Å². The second-order valence-electron chi connectivity index (χ2n) is 6.42. The lowest BCUT2D eigenvalue weighted by molar-refractivity contribution is -0.120. The third kappa shape index (κ3) is 3.23. The summed E-state index contributed by atoms with van der Waals surface area (Å²) in [6, 6.07) is 12.4. The Kier molecular flexibility index (Phi) is 4.11. The van der Waals surface area contributed by atoms with E-state index in [1.54, 1.807) is 0 Å². The first-order valence-electron chi connectivity index (χ1n) is 8.54. The molecular weight excluding hydrogens is 302 g/mol. The second-order valence-corrected chi connectivity index (χ2v) is 6.42.